The van der Waals surface area contributed by atoms with E-state index in [0.717, 1.165) is 42.9 Å². The summed E-state index contributed by atoms with van der Waals surface area (Å²) in [6, 6.07) is 0.470. The number of nitrogens with zero attached hydrogens (tertiary/aromatic N) is 1. The number of aromatic nitrogens is 1. The molecule has 0 saturated carbocycles. The summed E-state index contributed by atoms with van der Waals surface area (Å²) in [5.74, 6) is 0.645. The molecule has 1 atom stereocenters. The summed E-state index contributed by atoms with van der Waals surface area (Å²) >= 11 is 1.46. The first kappa shape index (κ1) is 13.6. The number of rotatable bonds is 4. The van der Waals surface area contributed by atoms with Gasteiger partial charge in [-0.2, -0.15) is 4.37 Å². The van der Waals surface area contributed by atoms with Crippen LogP contribution in [0.2, 0.25) is 0 Å². The normalized spacial score (nSPS) is 22.9. The van der Waals surface area contributed by atoms with Gasteiger partial charge in [0.1, 0.15) is 10.8 Å². The lowest BCUT2D eigenvalue weighted by Gasteiger charge is -2.40. The molecule has 1 aromatic rings. The van der Waals surface area contributed by atoms with Crippen LogP contribution in [0.1, 0.15) is 45.1 Å². The van der Waals surface area contributed by atoms with Crippen LogP contribution in [0.25, 0.3) is 0 Å². The van der Waals surface area contributed by atoms with Crippen LogP contribution in [0.5, 0.6) is 0 Å². The number of ether oxygens (including phenoxy) is 1. The van der Waals surface area contributed by atoms with Gasteiger partial charge in [-0.1, -0.05) is 13.8 Å². The molecule has 1 aliphatic rings. The first-order chi connectivity index (χ1) is 8.60. The molecule has 0 aliphatic carbocycles. The van der Waals surface area contributed by atoms with E-state index in [1.807, 2.05) is 6.92 Å². The van der Waals surface area contributed by atoms with E-state index >= 15 is 0 Å². The molecule has 0 radical (unpaired) electrons. The standard InChI is InChI=1S/C13H23N3OS/c1-4-13(5-2)8-10(6-7-17-13)15-12-9(3)11(14)16-18-12/h10,15H,4-8H2,1-3H3,(H2,14,16). The van der Waals surface area contributed by atoms with Crippen LogP contribution in [-0.2, 0) is 4.74 Å². The van der Waals surface area contributed by atoms with Crippen LogP contribution >= 0.6 is 11.5 Å². The lowest BCUT2D eigenvalue weighted by atomic mass is 9.86. The molecule has 1 unspecified atom stereocenters. The second-order valence-electron chi connectivity index (χ2n) is 5.09. The summed E-state index contributed by atoms with van der Waals surface area (Å²) in [6.45, 7) is 7.28. The minimum atomic E-state index is 0.0556. The Morgan fingerprint density at radius 2 is 2.22 bits per heavy atom. The molecule has 0 amide bonds. The zero-order valence-electron chi connectivity index (χ0n) is 11.5. The second kappa shape index (κ2) is 5.45. The van der Waals surface area contributed by atoms with Crippen molar-refractivity contribution < 1.29 is 4.74 Å². The van der Waals surface area contributed by atoms with Crippen LogP contribution in [-0.4, -0.2) is 22.6 Å². The summed E-state index contributed by atoms with van der Waals surface area (Å²) in [7, 11) is 0. The zero-order chi connectivity index (χ0) is 13.2. The highest BCUT2D eigenvalue weighted by molar-refractivity contribution is 7.10. The van der Waals surface area contributed by atoms with Gasteiger partial charge in [-0.15, -0.1) is 0 Å². The van der Waals surface area contributed by atoms with E-state index in [4.69, 9.17) is 10.5 Å². The summed E-state index contributed by atoms with van der Waals surface area (Å²) in [6.07, 6.45) is 4.27. The number of nitrogens with two attached hydrogens (primary N) is 1. The molecule has 0 bridgehead atoms. The third-order valence-electron chi connectivity index (χ3n) is 4.08. The average molecular weight is 269 g/mol. The van der Waals surface area contributed by atoms with Crippen molar-refractivity contribution in [3.63, 3.8) is 0 Å². The fourth-order valence-electron chi connectivity index (χ4n) is 2.56. The Labute approximate surface area is 113 Å². The molecule has 0 spiro atoms. The number of anilines is 2. The molecule has 3 N–H and O–H groups in total. The monoisotopic (exact) mass is 269 g/mol. The second-order valence-corrected chi connectivity index (χ2v) is 5.87. The number of hydrogen-bond donors (Lipinski definition) is 2. The van der Waals surface area contributed by atoms with Crippen molar-refractivity contribution in [3.8, 4) is 0 Å². The quantitative estimate of drug-likeness (QED) is 0.881. The van der Waals surface area contributed by atoms with Gasteiger partial charge >= 0.3 is 0 Å². The highest BCUT2D eigenvalue weighted by Gasteiger charge is 2.34. The largest absolute Gasteiger partial charge is 0.383 e. The Bertz CT molecular complexity index is 401. The molecule has 1 aliphatic heterocycles. The summed E-state index contributed by atoms with van der Waals surface area (Å²) in [5, 5.41) is 4.70. The Kier molecular flexibility index (Phi) is 4.12. The molecule has 5 heteroatoms. The lowest BCUT2D eigenvalue weighted by molar-refractivity contribution is -0.0864. The Morgan fingerprint density at radius 3 is 2.78 bits per heavy atom. The van der Waals surface area contributed by atoms with E-state index in [1.165, 1.54) is 11.5 Å². The fourth-order valence-corrected chi connectivity index (χ4v) is 3.35. The SMILES string of the molecule is CCC1(CC)CC(Nc2snc(N)c2C)CCO1. The Hall–Kier alpha value is -0.810. The molecule has 18 heavy (non-hydrogen) atoms. The van der Waals surface area contributed by atoms with Gasteiger partial charge in [-0.05, 0) is 44.1 Å². The predicted molar refractivity (Wildman–Crippen MR) is 77.2 cm³/mol. The van der Waals surface area contributed by atoms with Gasteiger partial charge in [0, 0.05) is 18.2 Å². The van der Waals surface area contributed by atoms with Crippen molar-refractivity contribution in [2.75, 3.05) is 17.7 Å². The molecular weight excluding hydrogens is 246 g/mol. The van der Waals surface area contributed by atoms with Gasteiger partial charge in [0.05, 0.1) is 5.60 Å². The number of nitrogen functional groups attached to an aromatic ring is 1. The van der Waals surface area contributed by atoms with E-state index in [2.05, 4.69) is 23.5 Å². The van der Waals surface area contributed by atoms with Crippen molar-refractivity contribution in [2.24, 2.45) is 0 Å². The molecule has 4 nitrogen and oxygen atoms in total. The third kappa shape index (κ3) is 2.62. The predicted octanol–water partition coefficient (Wildman–Crippen LogP) is 3.18. The van der Waals surface area contributed by atoms with Crippen molar-refractivity contribution in [1.82, 2.24) is 4.37 Å². The van der Waals surface area contributed by atoms with Gasteiger partial charge in [-0.3, -0.25) is 0 Å². The third-order valence-corrected chi connectivity index (χ3v) is 4.97. The maximum atomic E-state index is 5.99. The van der Waals surface area contributed by atoms with E-state index in [1.54, 1.807) is 0 Å². The summed E-state index contributed by atoms with van der Waals surface area (Å²) in [4.78, 5) is 0. The van der Waals surface area contributed by atoms with Crippen molar-refractivity contribution in [1.29, 1.82) is 0 Å². The van der Waals surface area contributed by atoms with Gasteiger partial charge in [0.15, 0.2) is 0 Å². The minimum absolute atomic E-state index is 0.0556. The first-order valence-electron chi connectivity index (χ1n) is 6.72. The highest BCUT2D eigenvalue weighted by atomic mass is 32.1. The minimum Gasteiger partial charge on any atom is -0.383 e. The number of nitrogens with one attached hydrogen (secondary N) is 1. The number of hydrogen-bond acceptors (Lipinski definition) is 5. The van der Waals surface area contributed by atoms with Crippen LogP contribution in [0.3, 0.4) is 0 Å². The Balaban J connectivity index is 2.04. The molecule has 2 heterocycles. The van der Waals surface area contributed by atoms with Crippen LogP contribution in [0, 0.1) is 6.92 Å². The van der Waals surface area contributed by atoms with Crippen molar-refractivity contribution >= 4 is 22.4 Å². The lowest BCUT2D eigenvalue weighted by Crippen LogP contribution is -2.43. The molecule has 2 rings (SSSR count). The average Bonchev–Trinajstić information content (AvgIpc) is 2.71. The first-order valence-corrected chi connectivity index (χ1v) is 7.50. The molecule has 102 valence electrons. The maximum absolute atomic E-state index is 5.99. The van der Waals surface area contributed by atoms with Crippen LogP contribution in [0.15, 0.2) is 0 Å². The van der Waals surface area contributed by atoms with Crippen molar-refractivity contribution in [2.45, 2.75) is 58.1 Å². The molecule has 1 aromatic heterocycles. The summed E-state index contributed by atoms with van der Waals surface area (Å²) < 4.78 is 10.2. The van der Waals surface area contributed by atoms with E-state index < -0.39 is 0 Å². The topological polar surface area (TPSA) is 60.2 Å². The molecular formula is C13H23N3OS. The van der Waals surface area contributed by atoms with Gasteiger partial charge in [0.25, 0.3) is 0 Å². The van der Waals surface area contributed by atoms with Crippen LogP contribution in [0.4, 0.5) is 10.8 Å². The van der Waals surface area contributed by atoms with Gasteiger partial charge in [-0.25, -0.2) is 0 Å². The van der Waals surface area contributed by atoms with E-state index in [9.17, 15) is 0 Å². The van der Waals surface area contributed by atoms with E-state index in [-0.39, 0.29) is 5.60 Å². The smallest absolute Gasteiger partial charge is 0.142 e. The fraction of sp³-hybridized carbons (Fsp3) is 0.769. The summed E-state index contributed by atoms with van der Waals surface area (Å²) in [5.41, 5.74) is 6.92. The Morgan fingerprint density at radius 1 is 1.50 bits per heavy atom. The van der Waals surface area contributed by atoms with Crippen LogP contribution < -0.4 is 11.1 Å². The van der Waals surface area contributed by atoms with E-state index in [0.29, 0.717) is 11.9 Å². The maximum Gasteiger partial charge on any atom is 0.142 e. The zero-order valence-corrected chi connectivity index (χ0v) is 12.3. The highest BCUT2D eigenvalue weighted by Crippen LogP contribution is 2.34. The molecule has 1 fully saturated rings. The van der Waals surface area contributed by atoms with Gasteiger partial charge < -0.3 is 15.8 Å². The van der Waals surface area contributed by atoms with Crippen molar-refractivity contribution in [3.05, 3.63) is 5.56 Å². The molecule has 0 aromatic carbocycles. The molecule has 1 saturated heterocycles. The van der Waals surface area contributed by atoms with Gasteiger partial charge in [0.2, 0.25) is 0 Å².